The number of hydrogen-bond donors (Lipinski definition) is 1. The van der Waals surface area contributed by atoms with Crippen molar-refractivity contribution in [2.45, 2.75) is 30.4 Å². The fourth-order valence-corrected chi connectivity index (χ4v) is 2.29. The van der Waals surface area contributed by atoms with Crippen LogP contribution in [0.4, 0.5) is 14.5 Å². The molecule has 1 N–H and O–H groups in total. The van der Waals surface area contributed by atoms with Crippen LogP contribution in [-0.2, 0) is 14.3 Å². The summed E-state index contributed by atoms with van der Waals surface area (Å²) in [6, 6.07) is 1.85. The Morgan fingerprint density at radius 1 is 1.35 bits per heavy atom. The lowest BCUT2D eigenvalue weighted by Crippen LogP contribution is -2.15. The number of thioether (sulfide) groups is 1. The van der Waals surface area contributed by atoms with Gasteiger partial charge in [0.1, 0.15) is 16.9 Å². The highest BCUT2D eigenvalue weighted by Gasteiger charge is 2.19. The van der Waals surface area contributed by atoms with E-state index in [9.17, 15) is 18.4 Å². The number of ether oxygens (including phenoxy) is 1. The van der Waals surface area contributed by atoms with Gasteiger partial charge in [0.15, 0.2) is 0 Å². The fourth-order valence-electron chi connectivity index (χ4n) is 1.36. The highest BCUT2D eigenvalue weighted by molar-refractivity contribution is 8.00. The number of nitrogens with one attached hydrogen (secondary N) is 1. The third-order valence-electron chi connectivity index (χ3n) is 2.45. The molecule has 0 spiro atoms. The summed E-state index contributed by atoms with van der Waals surface area (Å²) in [5.74, 6) is -2.55. The summed E-state index contributed by atoms with van der Waals surface area (Å²) in [6.07, 6.45) is 0.178. The minimum absolute atomic E-state index is 0.0655. The van der Waals surface area contributed by atoms with Crippen LogP contribution in [0.25, 0.3) is 0 Å². The third kappa shape index (κ3) is 4.19. The molecule has 1 atom stereocenters. The molecule has 0 aliphatic heterocycles. The van der Waals surface area contributed by atoms with Crippen molar-refractivity contribution >= 4 is 29.3 Å². The van der Waals surface area contributed by atoms with Gasteiger partial charge in [-0.2, -0.15) is 0 Å². The van der Waals surface area contributed by atoms with Gasteiger partial charge in [0, 0.05) is 17.4 Å². The molecular weight excluding hydrogens is 288 g/mol. The number of rotatable bonds is 5. The van der Waals surface area contributed by atoms with Crippen molar-refractivity contribution in [2.75, 3.05) is 12.4 Å². The molecule has 1 aromatic carbocycles. The van der Waals surface area contributed by atoms with Crippen molar-refractivity contribution in [3.05, 3.63) is 23.8 Å². The highest BCUT2D eigenvalue weighted by atomic mass is 32.2. The van der Waals surface area contributed by atoms with Crippen LogP contribution in [-0.4, -0.2) is 24.2 Å². The molecule has 0 fully saturated rings. The number of amides is 1. The van der Waals surface area contributed by atoms with Gasteiger partial charge < -0.3 is 10.1 Å². The van der Waals surface area contributed by atoms with Gasteiger partial charge in [-0.15, -0.1) is 11.8 Å². The molecule has 0 aliphatic carbocycles. The van der Waals surface area contributed by atoms with Gasteiger partial charge in [-0.25, -0.2) is 8.78 Å². The SMILES string of the molecule is CCC(=O)Nc1cc(SC(C)C(=O)OC)c(F)cc1F. The Bertz CT molecular complexity index is 523. The van der Waals surface area contributed by atoms with Crippen molar-refractivity contribution < 1.29 is 23.1 Å². The number of halogens is 2. The van der Waals surface area contributed by atoms with Crippen LogP contribution in [0.5, 0.6) is 0 Å². The summed E-state index contributed by atoms with van der Waals surface area (Å²) in [5.41, 5.74) is -0.113. The second-order valence-electron chi connectivity index (χ2n) is 3.95. The quantitative estimate of drug-likeness (QED) is 0.671. The summed E-state index contributed by atoms with van der Waals surface area (Å²) in [7, 11) is 1.23. The molecule has 1 rings (SSSR count). The number of esters is 1. The van der Waals surface area contributed by atoms with E-state index in [1.165, 1.54) is 13.2 Å². The maximum Gasteiger partial charge on any atom is 0.318 e. The monoisotopic (exact) mass is 303 g/mol. The van der Waals surface area contributed by atoms with E-state index in [0.717, 1.165) is 11.8 Å². The van der Waals surface area contributed by atoms with Crippen LogP contribution in [0, 0.1) is 11.6 Å². The lowest BCUT2D eigenvalue weighted by molar-refractivity contribution is -0.139. The van der Waals surface area contributed by atoms with Crippen LogP contribution >= 0.6 is 11.8 Å². The predicted molar refractivity (Wildman–Crippen MR) is 72.6 cm³/mol. The maximum absolute atomic E-state index is 13.7. The lowest BCUT2D eigenvalue weighted by atomic mass is 10.3. The van der Waals surface area contributed by atoms with E-state index >= 15 is 0 Å². The molecule has 4 nitrogen and oxygen atoms in total. The minimum Gasteiger partial charge on any atom is -0.468 e. The highest BCUT2D eigenvalue weighted by Crippen LogP contribution is 2.31. The van der Waals surface area contributed by atoms with E-state index in [4.69, 9.17) is 0 Å². The van der Waals surface area contributed by atoms with Crippen LogP contribution < -0.4 is 5.32 Å². The van der Waals surface area contributed by atoms with E-state index in [1.54, 1.807) is 13.8 Å². The van der Waals surface area contributed by atoms with Gasteiger partial charge in [0.2, 0.25) is 5.91 Å². The molecule has 0 saturated heterocycles. The molecule has 0 bridgehead atoms. The normalized spacial score (nSPS) is 11.8. The van der Waals surface area contributed by atoms with Crippen molar-refractivity contribution in [1.82, 2.24) is 0 Å². The molecule has 1 unspecified atom stereocenters. The van der Waals surface area contributed by atoms with Crippen molar-refractivity contribution in [3.63, 3.8) is 0 Å². The second kappa shape index (κ2) is 7.23. The average Bonchev–Trinajstić information content (AvgIpc) is 2.42. The third-order valence-corrected chi connectivity index (χ3v) is 3.57. The van der Waals surface area contributed by atoms with Crippen LogP contribution in [0.3, 0.4) is 0 Å². The van der Waals surface area contributed by atoms with Crippen LogP contribution in [0.1, 0.15) is 20.3 Å². The number of carbonyl (C=O) groups excluding carboxylic acids is 2. The summed E-state index contributed by atoms with van der Waals surface area (Å²) in [5, 5.41) is 1.69. The van der Waals surface area contributed by atoms with E-state index < -0.39 is 22.9 Å². The molecule has 0 saturated carbocycles. The zero-order chi connectivity index (χ0) is 15.3. The Balaban J connectivity index is 2.99. The standard InChI is InChI=1S/C13H15F2NO3S/c1-4-12(17)16-10-6-11(9(15)5-8(10)14)20-7(2)13(18)19-3/h5-7H,4H2,1-3H3,(H,16,17). The Morgan fingerprint density at radius 3 is 2.55 bits per heavy atom. The molecule has 1 amide bonds. The average molecular weight is 303 g/mol. The van der Waals surface area contributed by atoms with Gasteiger partial charge in [0.25, 0.3) is 0 Å². The zero-order valence-corrected chi connectivity index (χ0v) is 12.1. The molecule has 7 heteroatoms. The van der Waals surface area contributed by atoms with Crippen molar-refractivity contribution in [1.29, 1.82) is 0 Å². The zero-order valence-electron chi connectivity index (χ0n) is 11.3. The summed E-state index contributed by atoms with van der Waals surface area (Å²) in [4.78, 5) is 22.6. The summed E-state index contributed by atoms with van der Waals surface area (Å²) < 4.78 is 31.7. The Kier molecular flexibility index (Phi) is 5.94. The first-order chi connectivity index (χ1) is 9.38. The van der Waals surface area contributed by atoms with Crippen molar-refractivity contribution in [3.8, 4) is 0 Å². The second-order valence-corrected chi connectivity index (χ2v) is 5.33. The first-order valence-corrected chi connectivity index (χ1v) is 6.80. The Labute approximate surface area is 119 Å². The first-order valence-electron chi connectivity index (χ1n) is 5.92. The number of anilines is 1. The van der Waals surface area contributed by atoms with Gasteiger partial charge in [-0.3, -0.25) is 9.59 Å². The van der Waals surface area contributed by atoms with E-state index in [0.29, 0.717) is 6.07 Å². The Morgan fingerprint density at radius 2 is 2.00 bits per heavy atom. The molecular formula is C13H15F2NO3S. The number of hydrogen-bond acceptors (Lipinski definition) is 4. The number of benzene rings is 1. The molecule has 0 aromatic heterocycles. The molecule has 20 heavy (non-hydrogen) atoms. The van der Waals surface area contributed by atoms with Gasteiger partial charge in [-0.1, -0.05) is 6.92 Å². The van der Waals surface area contributed by atoms with Crippen LogP contribution in [0.15, 0.2) is 17.0 Å². The molecule has 1 aromatic rings. The minimum atomic E-state index is -0.862. The predicted octanol–water partition coefficient (Wildman–Crippen LogP) is 2.97. The van der Waals surface area contributed by atoms with E-state index in [1.807, 2.05) is 0 Å². The van der Waals surface area contributed by atoms with E-state index in [-0.39, 0.29) is 22.9 Å². The number of methoxy groups -OCH3 is 1. The first kappa shape index (κ1) is 16.4. The maximum atomic E-state index is 13.7. The fraction of sp³-hybridized carbons (Fsp3) is 0.385. The summed E-state index contributed by atoms with van der Waals surface area (Å²) in [6.45, 7) is 3.16. The topological polar surface area (TPSA) is 55.4 Å². The van der Waals surface area contributed by atoms with Gasteiger partial charge in [0.05, 0.1) is 12.8 Å². The lowest BCUT2D eigenvalue weighted by Gasteiger charge is -2.12. The molecule has 0 aliphatic rings. The van der Waals surface area contributed by atoms with E-state index in [2.05, 4.69) is 10.1 Å². The molecule has 0 radical (unpaired) electrons. The van der Waals surface area contributed by atoms with Gasteiger partial charge >= 0.3 is 5.97 Å². The van der Waals surface area contributed by atoms with Crippen LogP contribution in [0.2, 0.25) is 0 Å². The van der Waals surface area contributed by atoms with Gasteiger partial charge in [-0.05, 0) is 13.0 Å². The summed E-state index contributed by atoms with van der Waals surface area (Å²) >= 11 is 0.893. The smallest absolute Gasteiger partial charge is 0.318 e. The molecule has 110 valence electrons. The largest absolute Gasteiger partial charge is 0.468 e. The van der Waals surface area contributed by atoms with Crippen molar-refractivity contribution in [2.24, 2.45) is 0 Å². The molecule has 0 heterocycles. The Hall–Kier alpha value is -1.63. The number of carbonyl (C=O) groups is 2.